The minimum Gasteiger partial charge on any atom is -0.384 e. The van der Waals surface area contributed by atoms with E-state index in [0.717, 1.165) is 47.0 Å². The fourth-order valence-electron chi connectivity index (χ4n) is 2.54. The molecule has 1 aliphatic carbocycles. The lowest BCUT2D eigenvalue weighted by Gasteiger charge is -2.11. The van der Waals surface area contributed by atoms with E-state index in [2.05, 4.69) is 4.98 Å². The average molecular weight is 246 g/mol. The smallest absolute Gasteiger partial charge is 0.123 e. The molecule has 3 rings (SSSR count). The first kappa shape index (κ1) is 10.5. The highest BCUT2D eigenvalue weighted by Gasteiger charge is 2.20. The lowest BCUT2D eigenvalue weighted by Crippen LogP contribution is -2.15. The van der Waals surface area contributed by atoms with Gasteiger partial charge in [0.05, 0.1) is 5.52 Å². The van der Waals surface area contributed by atoms with E-state index < -0.39 is 0 Å². The van der Waals surface area contributed by atoms with Crippen molar-refractivity contribution < 1.29 is 0 Å². The van der Waals surface area contributed by atoms with Gasteiger partial charge in [-0.05, 0) is 43.0 Å². The molecule has 1 aromatic heterocycles. The third-order valence-electron chi connectivity index (χ3n) is 3.24. The van der Waals surface area contributed by atoms with Crippen LogP contribution < -0.4 is 5.73 Å². The fraction of sp³-hybridized carbons (Fsp3) is 0.231. The summed E-state index contributed by atoms with van der Waals surface area (Å²) in [7, 11) is 0. The molecule has 1 aliphatic rings. The summed E-state index contributed by atoms with van der Waals surface area (Å²) in [6.07, 6.45) is 3.03. The van der Waals surface area contributed by atoms with Gasteiger partial charge in [-0.1, -0.05) is 11.6 Å². The normalized spacial score (nSPS) is 13.9. The maximum Gasteiger partial charge on any atom is 0.123 e. The van der Waals surface area contributed by atoms with Crippen LogP contribution in [-0.4, -0.2) is 10.8 Å². The first-order chi connectivity index (χ1) is 8.16. The largest absolute Gasteiger partial charge is 0.384 e. The second kappa shape index (κ2) is 3.70. The van der Waals surface area contributed by atoms with Gasteiger partial charge in [0.1, 0.15) is 5.84 Å². The highest BCUT2D eigenvalue weighted by Crippen LogP contribution is 2.30. The Morgan fingerprint density at radius 3 is 2.94 bits per heavy atom. The minimum absolute atomic E-state index is 0.109. The predicted molar refractivity (Wildman–Crippen MR) is 69.8 cm³/mol. The van der Waals surface area contributed by atoms with E-state index >= 15 is 0 Å². The fourth-order valence-corrected chi connectivity index (χ4v) is 2.71. The number of nitrogen functional groups attached to an aromatic ring is 1. The first-order valence-electron chi connectivity index (χ1n) is 5.62. The van der Waals surface area contributed by atoms with Crippen LogP contribution >= 0.6 is 11.6 Å². The first-order valence-corrected chi connectivity index (χ1v) is 6.00. The van der Waals surface area contributed by atoms with E-state index in [0.29, 0.717) is 5.02 Å². The van der Waals surface area contributed by atoms with Crippen LogP contribution in [0.2, 0.25) is 5.02 Å². The summed E-state index contributed by atoms with van der Waals surface area (Å²) in [5.41, 5.74) is 9.63. The molecule has 0 aliphatic heterocycles. The van der Waals surface area contributed by atoms with Crippen molar-refractivity contribution in [3.8, 4) is 0 Å². The number of aryl methyl sites for hydroxylation is 1. The molecule has 0 saturated carbocycles. The van der Waals surface area contributed by atoms with Crippen molar-refractivity contribution in [1.29, 1.82) is 5.41 Å². The van der Waals surface area contributed by atoms with Crippen molar-refractivity contribution in [2.24, 2.45) is 5.73 Å². The molecular formula is C13H12ClN3. The summed E-state index contributed by atoms with van der Waals surface area (Å²) in [5, 5.41) is 9.31. The van der Waals surface area contributed by atoms with Crippen molar-refractivity contribution in [3.05, 3.63) is 40.0 Å². The van der Waals surface area contributed by atoms with Crippen molar-refractivity contribution in [2.45, 2.75) is 19.3 Å². The van der Waals surface area contributed by atoms with Crippen LogP contribution in [0.3, 0.4) is 0 Å². The lowest BCUT2D eigenvalue weighted by atomic mass is 10.0. The number of hydrogen-bond acceptors (Lipinski definition) is 2. The quantitative estimate of drug-likeness (QED) is 0.599. The van der Waals surface area contributed by atoms with Crippen LogP contribution in [0.5, 0.6) is 0 Å². The molecule has 1 aromatic carbocycles. The standard InChI is InChI=1S/C13H12ClN3/c14-7-4-5-11-9(6-7)12(13(15)16)8-2-1-3-10(8)17-11/h4-6H,1-3H2,(H3,15,16). The van der Waals surface area contributed by atoms with E-state index in [9.17, 15) is 0 Å². The third kappa shape index (κ3) is 1.58. The van der Waals surface area contributed by atoms with Crippen LogP contribution in [-0.2, 0) is 12.8 Å². The van der Waals surface area contributed by atoms with Crippen molar-refractivity contribution >= 4 is 28.3 Å². The summed E-state index contributed by atoms with van der Waals surface area (Å²) in [4.78, 5) is 4.63. The van der Waals surface area contributed by atoms with Crippen LogP contribution in [0.25, 0.3) is 10.9 Å². The van der Waals surface area contributed by atoms with Gasteiger partial charge in [0.25, 0.3) is 0 Å². The number of amidine groups is 1. The maximum absolute atomic E-state index is 7.76. The van der Waals surface area contributed by atoms with Gasteiger partial charge in [-0.3, -0.25) is 10.4 Å². The van der Waals surface area contributed by atoms with Crippen molar-refractivity contribution in [1.82, 2.24) is 4.98 Å². The van der Waals surface area contributed by atoms with E-state index in [1.807, 2.05) is 18.2 Å². The van der Waals surface area contributed by atoms with E-state index in [1.54, 1.807) is 0 Å². The number of nitrogens with two attached hydrogens (primary N) is 1. The van der Waals surface area contributed by atoms with Crippen LogP contribution in [0.4, 0.5) is 0 Å². The number of pyridine rings is 1. The molecular weight excluding hydrogens is 234 g/mol. The Morgan fingerprint density at radius 1 is 1.35 bits per heavy atom. The van der Waals surface area contributed by atoms with Gasteiger partial charge in [0.2, 0.25) is 0 Å². The van der Waals surface area contributed by atoms with Gasteiger partial charge < -0.3 is 5.73 Å². The van der Waals surface area contributed by atoms with Gasteiger partial charge in [-0.15, -0.1) is 0 Å². The Bertz CT molecular complexity index is 634. The van der Waals surface area contributed by atoms with Crippen molar-refractivity contribution in [2.75, 3.05) is 0 Å². The summed E-state index contributed by atoms with van der Waals surface area (Å²) in [5.74, 6) is 0.109. The molecule has 86 valence electrons. The highest BCUT2D eigenvalue weighted by molar-refractivity contribution is 6.31. The zero-order valence-electron chi connectivity index (χ0n) is 9.26. The summed E-state index contributed by atoms with van der Waals surface area (Å²) in [6, 6.07) is 5.56. The van der Waals surface area contributed by atoms with Gasteiger partial charge in [-0.2, -0.15) is 0 Å². The summed E-state index contributed by atoms with van der Waals surface area (Å²) in [6.45, 7) is 0. The molecule has 0 spiro atoms. The summed E-state index contributed by atoms with van der Waals surface area (Å²) < 4.78 is 0. The number of benzene rings is 1. The number of halogens is 1. The molecule has 0 amide bonds. The van der Waals surface area contributed by atoms with Gasteiger partial charge in [0, 0.05) is 21.7 Å². The molecule has 0 unspecified atom stereocenters. The number of nitrogens with zero attached hydrogens (tertiary/aromatic N) is 1. The van der Waals surface area contributed by atoms with E-state index in [1.165, 1.54) is 0 Å². The molecule has 0 atom stereocenters. The minimum atomic E-state index is 0.109. The van der Waals surface area contributed by atoms with Crippen LogP contribution in [0.15, 0.2) is 18.2 Å². The molecule has 4 heteroatoms. The van der Waals surface area contributed by atoms with Gasteiger partial charge in [-0.25, -0.2) is 0 Å². The molecule has 0 saturated heterocycles. The second-order valence-electron chi connectivity index (χ2n) is 4.34. The molecule has 1 heterocycles. The number of rotatable bonds is 1. The highest BCUT2D eigenvalue weighted by atomic mass is 35.5. The predicted octanol–water partition coefficient (Wildman–Crippen LogP) is 2.66. The van der Waals surface area contributed by atoms with Crippen molar-refractivity contribution in [3.63, 3.8) is 0 Å². The number of hydrogen-bond donors (Lipinski definition) is 2. The monoisotopic (exact) mass is 245 g/mol. The Balaban J connectivity index is 2.45. The molecule has 3 N–H and O–H groups in total. The third-order valence-corrected chi connectivity index (χ3v) is 3.48. The molecule has 0 bridgehead atoms. The molecule has 0 radical (unpaired) electrons. The lowest BCUT2D eigenvalue weighted by molar-refractivity contribution is 0.901. The number of fused-ring (bicyclic) bond motifs is 2. The SMILES string of the molecule is N=C(N)c1c2c(nc3ccc(Cl)cc13)CCC2. The molecule has 3 nitrogen and oxygen atoms in total. The van der Waals surface area contributed by atoms with Gasteiger partial charge >= 0.3 is 0 Å². The Labute approximate surface area is 104 Å². The number of aromatic nitrogens is 1. The maximum atomic E-state index is 7.76. The zero-order chi connectivity index (χ0) is 12.0. The molecule has 17 heavy (non-hydrogen) atoms. The Hall–Kier alpha value is -1.61. The van der Waals surface area contributed by atoms with Gasteiger partial charge in [0.15, 0.2) is 0 Å². The topological polar surface area (TPSA) is 62.8 Å². The Kier molecular flexibility index (Phi) is 2.30. The van der Waals surface area contributed by atoms with E-state index in [4.69, 9.17) is 22.7 Å². The Morgan fingerprint density at radius 2 is 2.18 bits per heavy atom. The number of nitrogens with one attached hydrogen (secondary N) is 1. The molecule has 2 aromatic rings. The molecule has 0 fully saturated rings. The van der Waals surface area contributed by atoms with Crippen LogP contribution in [0.1, 0.15) is 23.2 Å². The van der Waals surface area contributed by atoms with Crippen LogP contribution in [0, 0.1) is 5.41 Å². The van der Waals surface area contributed by atoms with E-state index in [-0.39, 0.29) is 5.84 Å². The average Bonchev–Trinajstić information content (AvgIpc) is 2.72. The summed E-state index contributed by atoms with van der Waals surface area (Å²) >= 11 is 6.01. The zero-order valence-corrected chi connectivity index (χ0v) is 10.0. The second-order valence-corrected chi connectivity index (χ2v) is 4.78.